The number of thiophene rings is 4. The smallest absolute Gasteiger partial charge is 0.160 e. The molecule has 0 saturated heterocycles. The molecule has 0 unspecified atom stereocenters. The summed E-state index contributed by atoms with van der Waals surface area (Å²) in [5.74, 6) is 2.08. The second kappa shape index (κ2) is 36.9. The molecule has 137 heavy (non-hydrogen) atoms. The van der Waals surface area contributed by atoms with E-state index in [0.717, 1.165) is 134 Å². The van der Waals surface area contributed by atoms with Crippen LogP contribution in [0.1, 0.15) is 0 Å². The molecule has 0 atom stereocenters. The molecule has 0 saturated carbocycles. The van der Waals surface area contributed by atoms with Gasteiger partial charge in [0.2, 0.25) is 0 Å². The van der Waals surface area contributed by atoms with Gasteiger partial charge in [0.15, 0.2) is 17.5 Å². The first-order valence-electron chi connectivity index (χ1n) is 45.5. The first-order chi connectivity index (χ1) is 67.8. The van der Waals surface area contributed by atoms with Gasteiger partial charge in [0.05, 0.1) is 34.2 Å². The van der Waals surface area contributed by atoms with Crippen LogP contribution in [0.25, 0.3) is 250 Å². The zero-order valence-electron chi connectivity index (χ0n) is 73.8. The number of para-hydroxylation sites is 1. The molecule has 644 valence electrons. The van der Waals surface area contributed by atoms with E-state index >= 15 is 0 Å². The van der Waals surface area contributed by atoms with Crippen LogP contribution in [0.3, 0.4) is 0 Å². The SMILES string of the molecule is c1ccc(-c2cccc(-c3cc(-c4ccc(-c5cc6ccccc6s5)cc4)nc(-c4ccc(-c5cccnc5)cc4)n3)c2)cc1.c1ccc(-c2cccc(-c3cc(-c4ccc(-c5cc6ccccc6s5)cc4)nc(-c4ccc5c(c4)oc4ccccc45)n3)c2)cc1.c1ccc(-c2cccc(-c3cc(-c4ccc(-c5cc6ccccc6s5)cc4)nc(-c4ccc5c(c4)sc4ccccc45)n3)c2)cc1. The van der Waals surface area contributed by atoms with Crippen LogP contribution in [0.4, 0.5) is 0 Å². The Kier molecular flexibility index (Phi) is 22.4. The second-order valence-electron chi connectivity index (χ2n) is 33.8. The lowest BCUT2D eigenvalue weighted by molar-refractivity contribution is 0.669. The first kappa shape index (κ1) is 83.1. The summed E-state index contributed by atoms with van der Waals surface area (Å²) >= 11 is 7.29. The van der Waals surface area contributed by atoms with Gasteiger partial charge in [0.1, 0.15) is 11.2 Å². The maximum absolute atomic E-state index is 6.23. The fourth-order valence-corrected chi connectivity index (χ4v) is 22.3. The number of aromatic nitrogens is 7. The number of nitrogens with zero attached hydrogens (tertiary/aromatic N) is 7. The molecule has 8 nitrogen and oxygen atoms in total. The fraction of sp³-hybridized carbons (Fsp3) is 0. The zero-order valence-corrected chi connectivity index (χ0v) is 77.0. The molecule has 0 aliphatic rings. The molecule has 9 heterocycles. The maximum atomic E-state index is 6.23. The van der Waals surface area contributed by atoms with Crippen LogP contribution in [0.2, 0.25) is 0 Å². The Labute approximate surface area is 807 Å². The molecule has 0 aliphatic carbocycles. The van der Waals surface area contributed by atoms with Gasteiger partial charge in [-0.3, -0.25) is 4.98 Å². The van der Waals surface area contributed by atoms with Gasteiger partial charge in [0, 0.05) is 122 Å². The minimum atomic E-state index is 0.661. The normalized spacial score (nSPS) is 11.4. The monoisotopic (exact) mass is 1820 g/mol. The minimum Gasteiger partial charge on any atom is -0.456 e. The van der Waals surface area contributed by atoms with Crippen molar-refractivity contribution in [2.75, 3.05) is 0 Å². The van der Waals surface area contributed by atoms with Crippen molar-refractivity contribution in [1.82, 2.24) is 34.9 Å². The van der Waals surface area contributed by atoms with E-state index in [-0.39, 0.29) is 0 Å². The average Bonchev–Trinajstić information content (AvgIpc) is 1.68. The van der Waals surface area contributed by atoms with Gasteiger partial charge in [0.25, 0.3) is 0 Å². The molecule has 26 rings (SSSR count). The molecule has 0 radical (unpaired) electrons. The van der Waals surface area contributed by atoms with Crippen molar-refractivity contribution in [3.8, 4) is 178 Å². The lowest BCUT2D eigenvalue weighted by Crippen LogP contribution is -1.96. The summed E-state index contributed by atoms with van der Waals surface area (Å²) in [6.45, 7) is 0. The minimum absolute atomic E-state index is 0.661. The molecule has 0 spiro atoms. The van der Waals surface area contributed by atoms with Crippen molar-refractivity contribution in [3.63, 3.8) is 0 Å². The van der Waals surface area contributed by atoms with Crippen LogP contribution in [0.15, 0.2) is 484 Å². The van der Waals surface area contributed by atoms with E-state index in [1.54, 1.807) is 6.20 Å². The topological polar surface area (TPSA) is 103 Å². The van der Waals surface area contributed by atoms with Crippen LogP contribution < -0.4 is 0 Å². The van der Waals surface area contributed by atoms with E-state index in [1.807, 2.05) is 87.9 Å². The molecule has 9 aromatic heterocycles. The van der Waals surface area contributed by atoms with Crippen LogP contribution in [0, 0.1) is 0 Å². The van der Waals surface area contributed by atoms with Gasteiger partial charge in [-0.25, -0.2) is 29.9 Å². The third-order valence-electron chi connectivity index (χ3n) is 25.1. The van der Waals surface area contributed by atoms with E-state index in [0.29, 0.717) is 11.6 Å². The Balaban J connectivity index is 0.000000112. The summed E-state index contributed by atoms with van der Waals surface area (Å²) in [4.78, 5) is 38.9. The number of furan rings is 1. The lowest BCUT2D eigenvalue weighted by Gasteiger charge is -2.11. The van der Waals surface area contributed by atoms with Gasteiger partial charge in [-0.05, 0) is 187 Å². The number of hydrogen-bond acceptors (Lipinski definition) is 12. The quantitative estimate of drug-likeness (QED) is 0.0942. The first-order valence-corrected chi connectivity index (χ1v) is 48.8. The highest BCUT2D eigenvalue weighted by atomic mass is 32.1. The highest BCUT2D eigenvalue weighted by Crippen LogP contribution is 2.44. The second-order valence-corrected chi connectivity index (χ2v) is 38.2. The highest BCUT2D eigenvalue weighted by Gasteiger charge is 2.21. The molecule has 17 aromatic carbocycles. The average molecular weight is 1820 g/mol. The molecular formula is C125H79N7OS4. The van der Waals surface area contributed by atoms with Crippen LogP contribution in [-0.4, -0.2) is 34.9 Å². The largest absolute Gasteiger partial charge is 0.456 e. The predicted octanol–water partition coefficient (Wildman–Crippen LogP) is 35.4. The van der Waals surface area contributed by atoms with Gasteiger partial charge in [-0.15, -0.1) is 45.3 Å². The molecule has 0 bridgehead atoms. The Morgan fingerprint density at radius 3 is 0.898 bits per heavy atom. The third kappa shape index (κ3) is 17.4. The van der Waals surface area contributed by atoms with Crippen molar-refractivity contribution in [2.24, 2.45) is 0 Å². The van der Waals surface area contributed by atoms with Crippen molar-refractivity contribution >= 4 is 118 Å². The van der Waals surface area contributed by atoms with Crippen LogP contribution in [0.5, 0.6) is 0 Å². The molecule has 0 N–H and O–H groups in total. The third-order valence-corrected chi connectivity index (χ3v) is 29.7. The predicted molar refractivity (Wildman–Crippen MR) is 577 cm³/mol. The van der Waals surface area contributed by atoms with E-state index in [1.165, 1.54) is 104 Å². The number of fused-ring (bicyclic) bond motifs is 9. The highest BCUT2D eigenvalue weighted by molar-refractivity contribution is 7.26. The van der Waals surface area contributed by atoms with Crippen LogP contribution >= 0.6 is 45.3 Å². The molecule has 0 amide bonds. The molecule has 26 aromatic rings. The molecule has 12 heteroatoms. The summed E-state index contributed by atoms with van der Waals surface area (Å²) in [6.07, 6.45) is 3.67. The van der Waals surface area contributed by atoms with Crippen molar-refractivity contribution in [3.05, 3.63) is 480 Å². The van der Waals surface area contributed by atoms with E-state index in [2.05, 4.69) is 436 Å². The van der Waals surface area contributed by atoms with Gasteiger partial charge in [-0.1, -0.05) is 358 Å². The van der Waals surface area contributed by atoms with Gasteiger partial charge < -0.3 is 4.42 Å². The summed E-state index contributed by atoms with van der Waals surface area (Å²) in [6, 6.07) is 164. The summed E-state index contributed by atoms with van der Waals surface area (Å²) in [7, 11) is 0. The molecular weight excluding hydrogens is 1740 g/mol. The summed E-state index contributed by atoms with van der Waals surface area (Å²) in [5, 5.41) is 8.59. The van der Waals surface area contributed by atoms with E-state index < -0.39 is 0 Å². The number of hydrogen-bond donors (Lipinski definition) is 0. The Hall–Kier alpha value is -17.0. The Morgan fingerprint density at radius 2 is 0.467 bits per heavy atom. The summed E-state index contributed by atoms with van der Waals surface area (Å²) < 4.78 is 12.7. The van der Waals surface area contributed by atoms with Crippen LogP contribution in [-0.2, 0) is 0 Å². The van der Waals surface area contributed by atoms with Gasteiger partial charge in [-0.2, -0.15) is 0 Å². The van der Waals surface area contributed by atoms with Crippen molar-refractivity contribution in [2.45, 2.75) is 0 Å². The number of pyridine rings is 1. The van der Waals surface area contributed by atoms with Crippen molar-refractivity contribution < 1.29 is 4.42 Å². The number of rotatable bonds is 16. The van der Waals surface area contributed by atoms with E-state index in [4.69, 9.17) is 34.3 Å². The molecule has 0 fully saturated rings. The zero-order chi connectivity index (χ0) is 90.9. The Bertz CT molecular complexity index is 8490. The van der Waals surface area contributed by atoms with E-state index in [9.17, 15) is 0 Å². The summed E-state index contributed by atoms with van der Waals surface area (Å²) in [5.41, 5.74) is 29.1. The molecule has 0 aliphatic heterocycles. The Morgan fingerprint density at radius 1 is 0.161 bits per heavy atom. The lowest BCUT2D eigenvalue weighted by atomic mass is 10.00. The van der Waals surface area contributed by atoms with Gasteiger partial charge >= 0.3 is 0 Å². The fourth-order valence-electron chi connectivity index (χ4n) is 17.9. The standard InChI is InChI=1S/C42H26N2OS.C42H26N2S2.C41H27N3S/c1-2-9-27(10-3-1)30-12-8-13-31(23-30)37-26-36(28-17-19-29(20-18-28)41-25-32-11-4-7-16-40(32)46-41)43-42(44-37)33-21-22-35-34-14-5-6-15-38(34)45-39(35)24-33;1-2-9-27(10-3-1)30-12-8-13-31(23-30)37-26-36(28-17-19-29(20-18-28)40-24-32-11-4-6-15-38(32)45-40)43-42(44-37)33-21-22-35-34-14-5-7-16-39(34)46-41(35)25-33;1-2-8-28(9-3-1)33-11-6-12-34(24-33)38-26-37(30-17-19-31(20-18-30)40-25-35-10-4-5-14-39(35)45-40)43-41(44-38)32-21-15-29(16-22-32)36-13-7-23-42-27-36/h2*1-26H;1-27H. The maximum Gasteiger partial charge on any atom is 0.160 e. The van der Waals surface area contributed by atoms with Crippen molar-refractivity contribution in [1.29, 1.82) is 0 Å². The number of benzene rings is 17.